The highest BCUT2D eigenvalue weighted by atomic mass is 16.5. The van der Waals surface area contributed by atoms with Crippen molar-refractivity contribution in [1.29, 1.82) is 0 Å². The maximum absolute atomic E-state index is 12.3. The number of para-hydroxylation sites is 1. The summed E-state index contributed by atoms with van der Waals surface area (Å²) in [6.45, 7) is 0.640. The van der Waals surface area contributed by atoms with Gasteiger partial charge in [-0.15, -0.1) is 0 Å². The average molecular weight is 556 g/mol. The molecule has 0 aliphatic carbocycles. The number of amides is 2. The summed E-state index contributed by atoms with van der Waals surface area (Å²) in [5.74, 6) is 2.21. The maximum Gasteiger partial charge on any atom is 0.323 e. The molecular formula is C34H29N5O3. The van der Waals surface area contributed by atoms with Gasteiger partial charge >= 0.3 is 6.03 Å². The second-order valence-electron chi connectivity index (χ2n) is 9.62. The zero-order valence-electron chi connectivity index (χ0n) is 23.0. The summed E-state index contributed by atoms with van der Waals surface area (Å²) in [7, 11) is 1.65. The first-order valence-electron chi connectivity index (χ1n) is 13.6. The zero-order chi connectivity index (χ0) is 28.7. The fourth-order valence-electron chi connectivity index (χ4n) is 4.79. The Bertz CT molecular complexity index is 1790. The SMILES string of the molecule is COc1ccc(-c2c(-c3ccccc3)oc3ncnc(NCCc4ccc(NC(=O)Nc5ccccc5)cc4)c23)cc1. The van der Waals surface area contributed by atoms with Gasteiger partial charge in [-0.1, -0.05) is 72.8 Å². The molecule has 0 atom stereocenters. The van der Waals surface area contributed by atoms with Crippen LogP contribution in [0, 0.1) is 0 Å². The van der Waals surface area contributed by atoms with Crippen LogP contribution in [0.4, 0.5) is 22.0 Å². The van der Waals surface area contributed by atoms with Crippen LogP contribution in [-0.2, 0) is 6.42 Å². The summed E-state index contributed by atoms with van der Waals surface area (Å²) < 4.78 is 11.7. The quantitative estimate of drug-likeness (QED) is 0.168. The normalized spacial score (nSPS) is 10.8. The lowest BCUT2D eigenvalue weighted by molar-refractivity contribution is 0.262. The summed E-state index contributed by atoms with van der Waals surface area (Å²) in [6.07, 6.45) is 2.27. The van der Waals surface area contributed by atoms with Crippen molar-refractivity contribution in [2.24, 2.45) is 0 Å². The second-order valence-corrected chi connectivity index (χ2v) is 9.62. The second kappa shape index (κ2) is 12.3. The summed E-state index contributed by atoms with van der Waals surface area (Å²) in [6, 6.07) is 34.7. The monoisotopic (exact) mass is 555 g/mol. The minimum Gasteiger partial charge on any atom is -0.497 e. The van der Waals surface area contributed by atoms with Crippen LogP contribution in [0.25, 0.3) is 33.6 Å². The van der Waals surface area contributed by atoms with Gasteiger partial charge in [0.05, 0.1) is 12.5 Å². The average Bonchev–Trinajstić information content (AvgIpc) is 3.43. The fourth-order valence-corrected chi connectivity index (χ4v) is 4.79. The van der Waals surface area contributed by atoms with E-state index in [0.29, 0.717) is 23.8 Å². The topological polar surface area (TPSA) is 101 Å². The van der Waals surface area contributed by atoms with Gasteiger partial charge in [0.1, 0.15) is 23.7 Å². The Kier molecular flexibility index (Phi) is 7.76. The van der Waals surface area contributed by atoms with Crippen LogP contribution in [0.2, 0.25) is 0 Å². The first kappa shape index (κ1) is 26.6. The Morgan fingerprint density at radius 3 is 2.12 bits per heavy atom. The molecule has 4 aromatic carbocycles. The van der Waals surface area contributed by atoms with Gasteiger partial charge in [-0.2, -0.15) is 0 Å². The van der Waals surface area contributed by atoms with Gasteiger partial charge < -0.3 is 25.1 Å². The summed E-state index contributed by atoms with van der Waals surface area (Å²) in [5.41, 5.74) is 5.94. The molecule has 0 radical (unpaired) electrons. The molecule has 0 aliphatic heterocycles. The highest BCUT2D eigenvalue weighted by Gasteiger charge is 2.22. The molecule has 2 aromatic heterocycles. The molecule has 6 rings (SSSR count). The third-order valence-corrected chi connectivity index (χ3v) is 6.85. The molecule has 0 spiro atoms. The molecule has 8 nitrogen and oxygen atoms in total. The molecule has 0 unspecified atom stereocenters. The van der Waals surface area contributed by atoms with Crippen molar-refractivity contribution in [1.82, 2.24) is 9.97 Å². The Balaban J connectivity index is 1.19. The van der Waals surface area contributed by atoms with Gasteiger partial charge in [-0.3, -0.25) is 0 Å². The largest absolute Gasteiger partial charge is 0.497 e. The highest BCUT2D eigenvalue weighted by Crippen LogP contribution is 2.42. The minimum atomic E-state index is -0.286. The van der Waals surface area contributed by atoms with E-state index >= 15 is 0 Å². The van der Waals surface area contributed by atoms with Gasteiger partial charge in [-0.05, 0) is 53.9 Å². The number of nitrogens with one attached hydrogen (secondary N) is 3. The van der Waals surface area contributed by atoms with Gasteiger partial charge in [-0.25, -0.2) is 14.8 Å². The predicted molar refractivity (Wildman–Crippen MR) is 167 cm³/mol. The zero-order valence-corrected chi connectivity index (χ0v) is 23.0. The van der Waals surface area contributed by atoms with E-state index in [0.717, 1.165) is 51.3 Å². The van der Waals surface area contributed by atoms with Crippen LogP contribution in [-0.4, -0.2) is 29.7 Å². The van der Waals surface area contributed by atoms with Crippen LogP contribution in [0.3, 0.4) is 0 Å². The smallest absolute Gasteiger partial charge is 0.323 e. The summed E-state index contributed by atoms with van der Waals surface area (Å²) in [5, 5.41) is 10.0. The Morgan fingerprint density at radius 1 is 0.762 bits per heavy atom. The van der Waals surface area contributed by atoms with E-state index in [2.05, 4.69) is 25.9 Å². The van der Waals surface area contributed by atoms with E-state index in [1.807, 2.05) is 109 Å². The van der Waals surface area contributed by atoms with Crippen molar-refractivity contribution < 1.29 is 13.9 Å². The molecule has 8 heteroatoms. The molecule has 0 aliphatic rings. The number of nitrogens with zero attached hydrogens (tertiary/aromatic N) is 2. The van der Waals surface area contributed by atoms with E-state index in [9.17, 15) is 4.79 Å². The molecule has 6 aromatic rings. The number of rotatable bonds is 9. The van der Waals surface area contributed by atoms with E-state index < -0.39 is 0 Å². The standard InChI is InChI=1S/C34H29N5O3/c1-41-28-18-14-24(15-19-28)29-30-32(36-22-37-33(30)42-31(29)25-8-4-2-5-9-25)35-21-20-23-12-16-27(17-13-23)39-34(40)38-26-10-6-3-7-11-26/h2-19,22H,20-21H2,1H3,(H,35,36,37)(H2,38,39,40). The molecule has 3 N–H and O–H groups in total. The van der Waals surface area contributed by atoms with Crippen molar-refractivity contribution in [2.45, 2.75) is 6.42 Å². The Morgan fingerprint density at radius 2 is 1.43 bits per heavy atom. The number of anilines is 3. The number of hydrogen-bond donors (Lipinski definition) is 3. The van der Waals surface area contributed by atoms with E-state index in [-0.39, 0.29) is 6.03 Å². The van der Waals surface area contributed by atoms with Crippen LogP contribution >= 0.6 is 0 Å². The number of carbonyl (C=O) groups is 1. The summed E-state index contributed by atoms with van der Waals surface area (Å²) >= 11 is 0. The van der Waals surface area contributed by atoms with Crippen LogP contribution in [0.5, 0.6) is 5.75 Å². The molecule has 2 heterocycles. The molecule has 0 bridgehead atoms. The number of carbonyl (C=O) groups excluding carboxylic acids is 1. The Hall–Kier alpha value is -5.63. The number of benzene rings is 4. The maximum atomic E-state index is 12.3. The van der Waals surface area contributed by atoms with Crippen molar-refractivity contribution >= 4 is 34.3 Å². The number of aromatic nitrogens is 2. The fraction of sp³-hybridized carbons (Fsp3) is 0.0882. The molecule has 0 saturated carbocycles. The molecular weight excluding hydrogens is 526 g/mol. The number of furan rings is 1. The molecule has 208 valence electrons. The lowest BCUT2D eigenvalue weighted by Crippen LogP contribution is -2.19. The van der Waals surface area contributed by atoms with E-state index in [4.69, 9.17) is 9.15 Å². The first-order valence-corrected chi connectivity index (χ1v) is 13.6. The number of methoxy groups -OCH3 is 1. The van der Waals surface area contributed by atoms with Crippen molar-refractivity contribution in [2.75, 3.05) is 29.6 Å². The van der Waals surface area contributed by atoms with Crippen LogP contribution in [0.1, 0.15) is 5.56 Å². The van der Waals surface area contributed by atoms with E-state index in [1.54, 1.807) is 7.11 Å². The third-order valence-electron chi connectivity index (χ3n) is 6.85. The predicted octanol–water partition coefficient (Wildman–Crippen LogP) is 7.86. The lowest BCUT2D eigenvalue weighted by Gasteiger charge is -2.10. The van der Waals surface area contributed by atoms with E-state index in [1.165, 1.54) is 6.33 Å². The highest BCUT2D eigenvalue weighted by molar-refractivity contribution is 6.06. The molecule has 42 heavy (non-hydrogen) atoms. The van der Waals surface area contributed by atoms with Crippen molar-refractivity contribution in [3.8, 4) is 28.2 Å². The minimum absolute atomic E-state index is 0.286. The molecule has 0 saturated heterocycles. The number of ether oxygens (including phenoxy) is 1. The van der Waals surface area contributed by atoms with Gasteiger partial charge in [0.15, 0.2) is 0 Å². The first-order chi connectivity index (χ1) is 20.7. The summed E-state index contributed by atoms with van der Waals surface area (Å²) in [4.78, 5) is 21.3. The van der Waals surface area contributed by atoms with Gasteiger partial charge in [0.2, 0.25) is 5.71 Å². The number of hydrogen-bond acceptors (Lipinski definition) is 6. The molecule has 2 amide bonds. The van der Waals surface area contributed by atoms with Crippen molar-refractivity contribution in [3.63, 3.8) is 0 Å². The Labute approximate surface area is 243 Å². The van der Waals surface area contributed by atoms with Crippen LogP contribution in [0.15, 0.2) is 120 Å². The van der Waals surface area contributed by atoms with Crippen LogP contribution < -0.4 is 20.7 Å². The van der Waals surface area contributed by atoms with Gasteiger partial charge in [0.25, 0.3) is 0 Å². The molecule has 0 fully saturated rings. The number of urea groups is 1. The number of fused-ring (bicyclic) bond motifs is 1. The van der Waals surface area contributed by atoms with Crippen molar-refractivity contribution in [3.05, 3.63) is 121 Å². The lowest BCUT2D eigenvalue weighted by atomic mass is 9.99. The van der Waals surface area contributed by atoms with Gasteiger partial charge in [0, 0.05) is 29.0 Å². The third kappa shape index (κ3) is 5.93.